The van der Waals surface area contributed by atoms with Gasteiger partial charge in [0.2, 0.25) is 0 Å². The lowest BCUT2D eigenvalue weighted by atomic mass is 10.2. The molecule has 1 heterocycles. The first-order chi connectivity index (χ1) is 13.9. The molecule has 11 nitrogen and oxygen atoms in total. The van der Waals surface area contributed by atoms with Crippen molar-refractivity contribution in [1.82, 2.24) is 9.78 Å². The number of rotatable bonds is 6. The Bertz CT molecular complexity index is 1100. The van der Waals surface area contributed by atoms with E-state index in [0.717, 1.165) is 0 Å². The Balaban J connectivity index is 2.02. The molecule has 29 heavy (non-hydrogen) atoms. The molecule has 1 aromatic heterocycles. The molecule has 148 valence electrons. The summed E-state index contributed by atoms with van der Waals surface area (Å²) in [5.74, 6) is 0.255. The summed E-state index contributed by atoms with van der Waals surface area (Å²) >= 11 is 0. The van der Waals surface area contributed by atoms with Gasteiger partial charge in [-0.2, -0.15) is 5.10 Å². The van der Waals surface area contributed by atoms with E-state index < -0.39 is 4.92 Å². The van der Waals surface area contributed by atoms with Crippen molar-refractivity contribution in [3.05, 3.63) is 58.8 Å². The smallest absolute Gasteiger partial charge is 0.296 e. The summed E-state index contributed by atoms with van der Waals surface area (Å²) in [7, 11) is 5.32. The van der Waals surface area contributed by atoms with Crippen LogP contribution in [0.2, 0.25) is 0 Å². The topological polar surface area (TPSA) is 134 Å². The fraction of sp³-hybridized carbons (Fsp3) is 0.167. The van der Waals surface area contributed by atoms with Crippen molar-refractivity contribution in [3.63, 3.8) is 0 Å². The molecule has 0 unspecified atom stereocenters. The zero-order valence-electron chi connectivity index (χ0n) is 16.0. The van der Waals surface area contributed by atoms with Gasteiger partial charge in [-0.1, -0.05) is 12.1 Å². The van der Waals surface area contributed by atoms with E-state index in [2.05, 4.69) is 25.6 Å². The van der Waals surface area contributed by atoms with Crippen LogP contribution in [0.15, 0.2) is 69.1 Å². The van der Waals surface area contributed by atoms with Crippen LogP contribution in [-0.4, -0.2) is 33.9 Å². The first-order valence-corrected chi connectivity index (χ1v) is 8.46. The van der Waals surface area contributed by atoms with E-state index in [4.69, 9.17) is 0 Å². The highest BCUT2D eigenvalue weighted by molar-refractivity contribution is 5.79. The highest BCUT2D eigenvalue weighted by Crippen LogP contribution is 2.44. The molecule has 3 aromatic rings. The Morgan fingerprint density at radius 2 is 1.76 bits per heavy atom. The van der Waals surface area contributed by atoms with Gasteiger partial charge in [0.15, 0.2) is 22.9 Å². The van der Waals surface area contributed by atoms with Gasteiger partial charge in [-0.25, -0.2) is 4.68 Å². The van der Waals surface area contributed by atoms with Crippen molar-refractivity contribution in [2.75, 3.05) is 19.0 Å². The largest absolute Gasteiger partial charge is 0.504 e. The summed E-state index contributed by atoms with van der Waals surface area (Å²) < 4.78 is 1.54. The molecule has 0 amide bonds. The Labute approximate surface area is 165 Å². The molecule has 0 radical (unpaired) electrons. The van der Waals surface area contributed by atoms with Crippen LogP contribution in [0.25, 0.3) is 0 Å². The fourth-order valence-corrected chi connectivity index (χ4v) is 2.48. The van der Waals surface area contributed by atoms with Crippen molar-refractivity contribution < 1.29 is 10.0 Å². The summed E-state index contributed by atoms with van der Waals surface area (Å²) in [6, 6.07) is 10.9. The maximum absolute atomic E-state index is 11.1. The number of aromatic nitrogens is 2. The molecule has 0 aliphatic rings. The van der Waals surface area contributed by atoms with Crippen molar-refractivity contribution >= 4 is 34.3 Å². The lowest BCUT2D eigenvalue weighted by Crippen LogP contribution is -2.08. The lowest BCUT2D eigenvalue weighted by molar-refractivity contribution is -0.384. The molecule has 0 saturated heterocycles. The molecule has 0 saturated carbocycles. The summed E-state index contributed by atoms with van der Waals surface area (Å²) in [6.45, 7) is 0. The van der Waals surface area contributed by atoms with Crippen molar-refractivity contribution in [2.24, 2.45) is 27.5 Å². The molecule has 0 atom stereocenters. The molecule has 0 fully saturated rings. The number of azo groups is 2. The lowest BCUT2D eigenvalue weighted by Gasteiger charge is -2.16. The number of aromatic hydroxyl groups is 1. The van der Waals surface area contributed by atoms with E-state index in [-0.39, 0.29) is 28.5 Å². The molecule has 3 rings (SSSR count). The molecular weight excluding hydrogens is 376 g/mol. The number of anilines is 1. The number of aryl methyl sites for hydroxylation is 1. The van der Waals surface area contributed by atoms with E-state index in [1.807, 2.05) is 0 Å². The Morgan fingerprint density at radius 3 is 2.41 bits per heavy atom. The maximum Gasteiger partial charge on any atom is 0.296 e. The molecule has 0 aliphatic carbocycles. The van der Waals surface area contributed by atoms with E-state index in [9.17, 15) is 15.2 Å². The number of hydrogen-bond donors (Lipinski definition) is 1. The van der Waals surface area contributed by atoms with Gasteiger partial charge < -0.3 is 10.0 Å². The van der Waals surface area contributed by atoms with Gasteiger partial charge in [0.1, 0.15) is 5.69 Å². The zero-order chi connectivity index (χ0) is 21.0. The second-order valence-corrected chi connectivity index (χ2v) is 6.15. The SMILES string of the molecule is CN(C)c1ccc(/N=N/c2ccccc2[N+](=O)[O-])c(O)c1/N=N/c1ccnn1C. The van der Waals surface area contributed by atoms with Crippen LogP contribution in [-0.2, 0) is 7.05 Å². The predicted molar refractivity (Wildman–Crippen MR) is 107 cm³/mol. The first-order valence-electron chi connectivity index (χ1n) is 8.46. The third-order valence-corrected chi connectivity index (χ3v) is 3.98. The second-order valence-electron chi connectivity index (χ2n) is 6.15. The third kappa shape index (κ3) is 4.24. The number of benzene rings is 2. The average Bonchev–Trinajstić information content (AvgIpc) is 3.10. The highest BCUT2D eigenvalue weighted by atomic mass is 16.6. The van der Waals surface area contributed by atoms with E-state index in [1.54, 1.807) is 56.5 Å². The Kier molecular flexibility index (Phi) is 5.58. The van der Waals surface area contributed by atoms with Gasteiger partial charge in [0.05, 0.1) is 16.8 Å². The minimum Gasteiger partial charge on any atom is -0.504 e. The number of nitro groups is 1. The van der Waals surface area contributed by atoms with Crippen LogP contribution in [0.3, 0.4) is 0 Å². The van der Waals surface area contributed by atoms with Crippen molar-refractivity contribution in [3.8, 4) is 5.75 Å². The maximum atomic E-state index is 11.1. The van der Waals surface area contributed by atoms with Gasteiger partial charge in [-0.3, -0.25) is 10.1 Å². The average molecular weight is 394 g/mol. The number of phenols is 1. The van der Waals surface area contributed by atoms with Crippen LogP contribution >= 0.6 is 0 Å². The van der Waals surface area contributed by atoms with Crippen LogP contribution in [0, 0.1) is 10.1 Å². The van der Waals surface area contributed by atoms with Gasteiger partial charge >= 0.3 is 0 Å². The minimum atomic E-state index is -0.545. The number of nitrogens with zero attached hydrogens (tertiary/aromatic N) is 8. The number of hydrogen-bond acceptors (Lipinski definition) is 9. The van der Waals surface area contributed by atoms with Crippen molar-refractivity contribution in [2.45, 2.75) is 0 Å². The molecule has 0 aliphatic heterocycles. The fourth-order valence-electron chi connectivity index (χ4n) is 2.48. The van der Waals surface area contributed by atoms with Gasteiger partial charge in [0, 0.05) is 33.3 Å². The van der Waals surface area contributed by atoms with Crippen LogP contribution in [0.5, 0.6) is 5.75 Å². The summed E-state index contributed by atoms with van der Waals surface area (Å²) in [6.07, 6.45) is 1.58. The highest BCUT2D eigenvalue weighted by Gasteiger charge is 2.16. The molecule has 11 heteroatoms. The van der Waals surface area contributed by atoms with Crippen LogP contribution in [0.4, 0.5) is 34.3 Å². The summed E-state index contributed by atoms with van der Waals surface area (Å²) in [4.78, 5) is 12.3. The third-order valence-electron chi connectivity index (χ3n) is 3.98. The minimum absolute atomic E-state index is 0.0756. The van der Waals surface area contributed by atoms with Crippen molar-refractivity contribution in [1.29, 1.82) is 0 Å². The Morgan fingerprint density at radius 1 is 1.03 bits per heavy atom. The molecule has 1 N–H and O–H groups in total. The van der Waals surface area contributed by atoms with E-state index in [0.29, 0.717) is 11.5 Å². The van der Waals surface area contributed by atoms with Crippen LogP contribution < -0.4 is 4.90 Å². The zero-order valence-corrected chi connectivity index (χ0v) is 16.0. The summed E-state index contributed by atoms with van der Waals surface area (Å²) in [5.41, 5.74) is 0.796. The number of nitro benzene ring substituents is 1. The number of phenolic OH excluding ortho intramolecular Hbond substituents is 1. The molecule has 0 spiro atoms. The molecule has 0 bridgehead atoms. The monoisotopic (exact) mass is 394 g/mol. The van der Waals surface area contributed by atoms with Gasteiger partial charge in [-0.05, 0) is 18.2 Å². The summed E-state index contributed by atoms with van der Waals surface area (Å²) in [5, 5.41) is 42.0. The predicted octanol–water partition coefficient (Wildman–Crippen LogP) is 4.93. The Hall–Kier alpha value is -4.15. The van der Waals surface area contributed by atoms with Crippen LogP contribution in [0.1, 0.15) is 0 Å². The second kappa shape index (κ2) is 8.25. The quantitative estimate of drug-likeness (QED) is 0.359. The number of para-hydroxylation sites is 1. The van der Waals surface area contributed by atoms with E-state index >= 15 is 0 Å². The first kappa shape index (κ1) is 19.6. The van der Waals surface area contributed by atoms with Gasteiger partial charge in [0.25, 0.3) is 5.69 Å². The standard InChI is InChI=1S/C18H18N8O3/c1-24(2)15-9-8-13(21-20-12-6-4-5-7-14(12)26(28)29)18(27)17(15)23-22-16-10-11-19-25(16)3/h4-11,27H,1-3H3/b21-20+,23-22+. The molecular formula is C18H18N8O3. The molecule has 2 aromatic carbocycles. The van der Waals surface area contributed by atoms with E-state index in [1.165, 1.54) is 22.9 Å². The van der Waals surface area contributed by atoms with Gasteiger partial charge in [-0.15, -0.1) is 20.5 Å². The normalized spacial score (nSPS) is 11.4.